The molecule has 3 amide bonds. The van der Waals surface area contributed by atoms with Crippen molar-refractivity contribution in [3.63, 3.8) is 0 Å². The lowest BCUT2D eigenvalue weighted by Gasteiger charge is -2.38. The third-order valence-corrected chi connectivity index (χ3v) is 5.71. The first-order valence-electron chi connectivity index (χ1n) is 10.1. The molecule has 2 aliphatic heterocycles. The first kappa shape index (κ1) is 19.2. The van der Waals surface area contributed by atoms with Crippen LogP contribution < -0.4 is 4.90 Å². The van der Waals surface area contributed by atoms with Crippen molar-refractivity contribution >= 4 is 23.4 Å². The van der Waals surface area contributed by atoms with Crippen LogP contribution in [0.3, 0.4) is 0 Å². The molecule has 0 aliphatic carbocycles. The number of piperazine rings is 1. The molecule has 7 nitrogen and oxygen atoms in total. The topological polar surface area (TPSA) is 74.1 Å². The Morgan fingerprint density at radius 2 is 1.69 bits per heavy atom. The van der Waals surface area contributed by atoms with Gasteiger partial charge in [0.05, 0.1) is 6.26 Å². The van der Waals surface area contributed by atoms with Crippen molar-refractivity contribution in [2.75, 3.05) is 31.1 Å². The summed E-state index contributed by atoms with van der Waals surface area (Å²) in [5.41, 5.74) is 1.94. The maximum Gasteiger partial charge on any atom is 0.289 e. The van der Waals surface area contributed by atoms with Gasteiger partial charge in [0.1, 0.15) is 6.04 Å². The van der Waals surface area contributed by atoms with Crippen LogP contribution in [0.1, 0.15) is 35.9 Å². The molecule has 1 aromatic heterocycles. The van der Waals surface area contributed by atoms with E-state index in [9.17, 15) is 14.4 Å². The number of anilines is 1. The molecule has 0 bridgehead atoms. The average molecular weight is 395 g/mol. The Hall–Kier alpha value is -3.09. The zero-order valence-electron chi connectivity index (χ0n) is 16.5. The number of benzene rings is 1. The lowest BCUT2D eigenvalue weighted by Crippen LogP contribution is -2.56. The van der Waals surface area contributed by atoms with Crippen LogP contribution in [0, 0.1) is 0 Å². The molecule has 0 unspecified atom stereocenters. The smallest absolute Gasteiger partial charge is 0.289 e. The molecule has 1 aromatic carbocycles. The van der Waals surface area contributed by atoms with Gasteiger partial charge in [-0.25, -0.2) is 0 Å². The number of aryl methyl sites for hydroxylation is 1. The van der Waals surface area contributed by atoms with Gasteiger partial charge in [-0.2, -0.15) is 0 Å². The van der Waals surface area contributed by atoms with Crippen molar-refractivity contribution in [1.29, 1.82) is 0 Å². The Morgan fingerprint density at radius 3 is 2.41 bits per heavy atom. The minimum Gasteiger partial charge on any atom is -0.459 e. The number of carbonyl (C=O) groups is 3. The summed E-state index contributed by atoms with van der Waals surface area (Å²) in [6, 6.07) is 10.6. The summed E-state index contributed by atoms with van der Waals surface area (Å²) < 4.78 is 5.18. The Bertz CT molecular complexity index is 901. The van der Waals surface area contributed by atoms with Crippen molar-refractivity contribution in [2.45, 2.75) is 32.2 Å². The van der Waals surface area contributed by atoms with Crippen LogP contribution in [0.25, 0.3) is 0 Å². The fourth-order valence-corrected chi connectivity index (χ4v) is 4.13. The Kier molecular flexibility index (Phi) is 5.38. The second-order valence-electron chi connectivity index (χ2n) is 7.52. The van der Waals surface area contributed by atoms with E-state index >= 15 is 0 Å². The molecule has 3 heterocycles. The quantitative estimate of drug-likeness (QED) is 0.800. The lowest BCUT2D eigenvalue weighted by molar-refractivity contribution is -0.135. The predicted octanol–water partition coefficient (Wildman–Crippen LogP) is 2.32. The zero-order chi connectivity index (χ0) is 20.4. The van der Waals surface area contributed by atoms with Crippen LogP contribution in [-0.2, 0) is 16.0 Å². The van der Waals surface area contributed by atoms with Gasteiger partial charge in [-0.05, 0) is 43.5 Å². The van der Waals surface area contributed by atoms with Crippen molar-refractivity contribution < 1.29 is 18.8 Å². The van der Waals surface area contributed by atoms with E-state index in [1.54, 1.807) is 33.8 Å². The highest BCUT2D eigenvalue weighted by Crippen LogP contribution is 2.29. The van der Waals surface area contributed by atoms with Gasteiger partial charge >= 0.3 is 0 Å². The third kappa shape index (κ3) is 3.77. The van der Waals surface area contributed by atoms with E-state index in [4.69, 9.17) is 4.42 Å². The highest BCUT2D eigenvalue weighted by Gasteiger charge is 2.34. The SMILES string of the molecule is C[C@@H](C(=O)N1CCN(C(=O)c2ccco2)CC1)N1C(=O)CCCc2ccccc21. The first-order valence-corrected chi connectivity index (χ1v) is 10.1. The number of fused-ring (bicyclic) bond motifs is 1. The minimum atomic E-state index is -0.575. The summed E-state index contributed by atoms with van der Waals surface area (Å²) in [6.45, 7) is 3.58. The summed E-state index contributed by atoms with van der Waals surface area (Å²) in [7, 11) is 0. The van der Waals surface area contributed by atoms with Gasteiger partial charge in [0.25, 0.3) is 5.91 Å². The maximum atomic E-state index is 13.2. The molecule has 152 valence electrons. The van der Waals surface area contributed by atoms with Gasteiger partial charge in [0.15, 0.2) is 5.76 Å². The molecule has 1 saturated heterocycles. The van der Waals surface area contributed by atoms with Crippen LogP contribution in [-0.4, -0.2) is 59.7 Å². The van der Waals surface area contributed by atoms with E-state index in [0.29, 0.717) is 38.4 Å². The molecule has 29 heavy (non-hydrogen) atoms. The highest BCUT2D eigenvalue weighted by molar-refractivity contribution is 6.01. The van der Waals surface area contributed by atoms with Gasteiger partial charge in [-0.1, -0.05) is 18.2 Å². The fraction of sp³-hybridized carbons (Fsp3) is 0.409. The average Bonchev–Trinajstić information content (AvgIpc) is 3.23. The summed E-state index contributed by atoms with van der Waals surface area (Å²) in [5.74, 6) is 0.0549. The monoisotopic (exact) mass is 395 g/mol. The van der Waals surface area contributed by atoms with Crippen LogP contribution in [0.15, 0.2) is 47.1 Å². The Balaban J connectivity index is 1.45. The van der Waals surface area contributed by atoms with Crippen molar-refractivity contribution in [3.8, 4) is 0 Å². The molecule has 0 radical (unpaired) electrons. The van der Waals surface area contributed by atoms with Crippen molar-refractivity contribution in [2.24, 2.45) is 0 Å². The fourth-order valence-electron chi connectivity index (χ4n) is 4.13. The first-order chi connectivity index (χ1) is 14.1. The highest BCUT2D eigenvalue weighted by atomic mass is 16.3. The van der Waals surface area contributed by atoms with E-state index < -0.39 is 6.04 Å². The van der Waals surface area contributed by atoms with Crippen LogP contribution in [0.5, 0.6) is 0 Å². The van der Waals surface area contributed by atoms with Gasteiger partial charge < -0.3 is 14.2 Å². The Labute approximate surface area is 169 Å². The van der Waals surface area contributed by atoms with E-state index in [1.807, 2.05) is 24.3 Å². The largest absolute Gasteiger partial charge is 0.459 e. The number of hydrogen-bond acceptors (Lipinski definition) is 4. The number of carbonyl (C=O) groups excluding carboxylic acids is 3. The van der Waals surface area contributed by atoms with Crippen LogP contribution in [0.4, 0.5) is 5.69 Å². The van der Waals surface area contributed by atoms with E-state index in [2.05, 4.69) is 0 Å². The molecule has 1 fully saturated rings. The van der Waals surface area contributed by atoms with E-state index in [0.717, 1.165) is 24.1 Å². The maximum absolute atomic E-state index is 13.2. The van der Waals surface area contributed by atoms with Gasteiger partial charge in [-0.3, -0.25) is 19.3 Å². The lowest BCUT2D eigenvalue weighted by atomic mass is 10.1. The number of rotatable bonds is 3. The summed E-state index contributed by atoms with van der Waals surface area (Å²) >= 11 is 0. The number of amides is 3. The minimum absolute atomic E-state index is 0.0116. The zero-order valence-corrected chi connectivity index (χ0v) is 16.5. The normalized spacial score (nSPS) is 18.2. The van der Waals surface area contributed by atoms with Gasteiger partial charge in [0.2, 0.25) is 11.8 Å². The third-order valence-electron chi connectivity index (χ3n) is 5.71. The molecular formula is C22H25N3O4. The molecular weight excluding hydrogens is 370 g/mol. The summed E-state index contributed by atoms with van der Waals surface area (Å²) in [6.07, 6.45) is 3.55. The Morgan fingerprint density at radius 1 is 0.966 bits per heavy atom. The molecule has 0 N–H and O–H groups in total. The van der Waals surface area contributed by atoms with Gasteiger partial charge in [-0.15, -0.1) is 0 Å². The van der Waals surface area contributed by atoms with Crippen LogP contribution in [0.2, 0.25) is 0 Å². The van der Waals surface area contributed by atoms with Crippen molar-refractivity contribution in [3.05, 3.63) is 54.0 Å². The predicted molar refractivity (Wildman–Crippen MR) is 108 cm³/mol. The standard InChI is InChI=1S/C22H25N3O4/c1-16(25-18-8-3-2-6-17(18)7-4-10-20(25)26)21(27)23-11-13-24(14-12-23)22(28)19-9-5-15-29-19/h2-3,5-6,8-9,15-16H,4,7,10-14H2,1H3/t16-/m0/s1. The van der Waals surface area contributed by atoms with Crippen LogP contribution >= 0.6 is 0 Å². The van der Waals surface area contributed by atoms with E-state index in [1.165, 1.54) is 6.26 Å². The van der Waals surface area contributed by atoms with Crippen molar-refractivity contribution in [1.82, 2.24) is 9.80 Å². The molecule has 1 atom stereocenters. The summed E-state index contributed by atoms with van der Waals surface area (Å²) in [5, 5.41) is 0. The second-order valence-corrected chi connectivity index (χ2v) is 7.52. The van der Waals surface area contributed by atoms with E-state index in [-0.39, 0.29) is 17.7 Å². The molecule has 0 saturated carbocycles. The second kappa shape index (κ2) is 8.11. The number of para-hydroxylation sites is 1. The number of hydrogen-bond donors (Lipinski definition) is 0. The summed E-state index contributed by atoms with van der Waals surface area (Å²) in [4.78, 5) is 43.5. The molecule has 4 rings (SSSR count). The molecule has 0 spiro atoms. The number of nitrogens with zero attached hydrogens (tertiary/aromatic N) is 3. The van der Waals surface area contributed by atoms with Gasteiger partial charge in [0, 0.05) is 38.3 Å². The molecule has 2 aromatic rings. The molecule has 7 heteroatoms. The molecule has 2 aliphatic rings. The number of furan rings is 1.